The van der Waals surface area contributed by atoms with E-state index in [9.17, 15) is 0 Å². The Bertz CT molecular complexity index is 7.51. The maximum absolute atomic E-state index is 3.25. The molecular weight excluding hydrogens is 193 g/mol. The zero-order chi connectivity index (χ0) is 4.00. The quantitative estimate of drug-likeness (QED) is 0.419. The van der Waals surface area contributed by atoms with Crippen LogP contribution < -0.4 is 0 Å². The normalized spacial score (nSPS) is 2.00. The van der Waals surface area contributed by atoms with Gasteiger partial charge in [0.15, 0.2) is 0 Å². The smallest absolute Gasteiger partial charge is 0.346 e. The van der Waals surface area contributed by atoms with Crippen LogP contribution in [0.1, 0.15) is 13.8 Å². The second-order valence-corrected chi connectivity index (χ2v) is 0. The molecule has 0 fully saturated rings. The van der Waals surface area contributed by atoms with Crippen LogP contribution in [0.25, 0.3) is 0 Å². The minimum absolute atomic E-state index is 0. The van der Waals surface area contributed by atoms with E-state index in [1.165, 1.54) is 0 Å². The first kappa shape index (κ1) is 27.5. The topological polar surface area (TPSA) is 0 Å². The summed E-state index contributed by atoms with van der Waals surface area (Å²) >= 11 is 0. The molecule has 0 radical (unpaired) electrons. The van der Waals surface area contributed by atoms with Crippen LogP contribution in [0.3, 0.4) is 0 Å². The second-order valence-electron chi connectivity index (χ2n) is 0. The molecule has 0 spiro atoms. The molecule has 0 atom stereocenters. The summed E-state index contributed by atoms with van der Waals surface area (Å²) in [6.45, 7) is 10.0. The molecule has 0 aliphatic rings. The van der Waals surface area contributed by atoms with Crippen LogP contribution in [0.4, 0.5) is 0 Å². The fourth-order valence-electron chi connectivity index (χ4n) is 0. The summed E-state index contributed by atoms with van der Waals surface area (Å²) in [5, 5.41) is 0. The van der Waals surface area contributed by atoms with Crippen molar-refractivity contribution in [2.75, 3.05) is 0 Å². The van der Waals surface area contributed by atoms with E-state index >= 15 is 0 Å². The summed E-state index contributed by atoms with van der Waals surface area (Å²) < 4.78 is 0. The Morgan fingerprint density at radius 3 is 0.833 bits per heavy atom. The van der Waals surface area contributed by atoms with Gasteiger partial charge in [0.05, 0.1) is 0 Å². The molecule has 0 bridgehead atoms. The van der Waals surface area contributed by atoms with Gasteiger partial charge in [-0.1, -0.05) is 0 Å². The SMILES string of the molecule is Br.[CH2-]C.[CH2-]C.[Zn+2]. The van der Waals surface area contributed by atoms with E-state index in [0.29, 0.717) is 0 Å². The minimum atomic E-state index is 0. The van der Waals surface area contributed by atoms with Crippen LogP contribution in [0.5, 0.6) is 0 Å². The molecule has 0 saturated carbocycles. The van der Waals surface area contributed by atoms with E-state index in [1.807, 2.05) is 0 Å². The van der Waals surface area contributed by atoms with Gasteiger partial charge in [0.2, 0.25) is 0 Å². The van der Waals surface area contributed by atoms with Gasteiger partial charge in [-0.05, 0) is 0 Å². The van der Waals surface area contributed by atoms with Crippen molar-refractivity contribution in [3.63, 3.8) is 0 Å². The number of hydrogen-bond donors (Lipinski definition) is 0. The molecule has 0 saturated heterocycles. The molecule has 0 aromatic carbocycles. The van der Waals surface area contributed by atoms with Crippen LogP contribution in [-0.2, 0) is 19.5 Å². The average Bonchev–Trinajstić information content (AvgIpc) is 1.50. The second kappa shape index (κ2) is 131. The van der Waals surface area contributed by atoms with Gasteiger partial charge in [0.1, 0.15) is 0 Å². The molecule has 6 heavy (non-hydrogen) atoms. The standard InChI is InChI=1S/2C2H5.BrH.Zn/c2*1-2;;/h2*1H2,2H3;1H;/q2*-1;;+2. The van der Waals surface area contributed by atoms with Crippen LogP contribution >= 0.6 is 17.0 Å². The molecular formula is C4H11BrZn. The fraction of sp³-hybridized carbons (Fsp3) is 0.500. The summed E-state index contributed by atoms with van der Waals surface area (Å²) in [6.07, 6.45) is 0. The Morgan fingerprint density at radius 2 is 0.833 bits per heavy atom. The van der Waals surface area contributed by atoms with Crippen molar-refractivity contribution in [1.82, 2.24) is 0 Å². The average molecular weight is 204 g/mol. The molecule has 0 aliphatic carbocycles. The molecule has 0 amide bonds. The summed E-state index contributed by atoms with van der Waals surface area (Å²) in [4.78, 5) is 0. The molecule has 0 rings (SSSR count). The van der Waals surface area contributed by atoms with Crippen LogP contribution in [0.2, 0.25) is 0 Å². The van der Waals surface area contributed by atoms with E-state index < -0.39 is 0 Å². The van der Waals surface area contributed by atoms with Crippen molar-refractivity contribution in [1.29, 1.82) is 0 Å². The van der Waals surface area contributed by atoms with E-state index in [1.54, 1.807) is 13.8 Å². The largest absolute Gasteiger partial charge is 2.00 e. The van der Waals surface area contributed by atoms with E-state index in [-0.39, 0.29) is 36.5 Å². The summed E-state index contributed by atoms with van der Waals surface area (Å²) in [6, 6.07) is 0. The van der Waals surface area contributed by atoms with Gasteiger partial charge < -0.3 is 13.8 Å². The number of halogens is 1. The predicted molar refractivity (Wildman–Crippen MR) is 32.4 cm³/mol. The Hall–Kier alpha value is 1.10. The first-order valence-corrected chi connectivity index (χ1v) is 1.41. The maximum Gasteiger partial charge on any atom is 2.00 e. The summed E-state index contributed by atoms with van der Waals surface area (Å²) in [5.41, 5.74) is 0. The third-order valence-corrected chi connectivity index (χ3v) is 0. The van der Waals surface area contributed by atoms with Gasteiger partial charge in [-0.2, -0.15) is 13.8 Å². The van der Waals surface area contributed by atoms with Crippen molar-refractivity contribution >= 4 is 17.0 Å². The molecule has 0 aromatic rings. The molecule has 0 unspecified atom stereocenters. The van der Waals surface area contributed by atoms with Gasteiger partial charge in [0.25, 0.3) is 0 Å². The maximum atomic E-state index is 3.25. The first-order valence-electron chi connectivity index (χ1n) is 1.41. The number of rotatable bonds is 0. The molecule has 0 heterocycles. The Kier molecular flexibility index (Phi) is 598. The number of hydrogen-bond acceptors (Lipinski definition) is 0. The predicted octanol–water partition coefficient (Wildman–Crippen LogP) is 2.26. The zero-order valence-corrected chi connectivity index (χ0v) is 9.21. The van der Waals surface area contributed by atoms with Gasteiger partial charge in [-0.25, -0.2) is 0 Å². The molecule has 0 aromatic heterocycles. The Labute approximate surface area is 64.2 Å². The first-order chi connectivity index (χ1) is 2.00. The van der Waals surface area contributed by atoms with Crippen molar-refractivity contribution < 1.29 is 19.5 Å². The van der Waals surface area contributed by atoms with Gasteiger partial charge in [-0.15, -0.1) is 17.0 Å². The van der Waals surface area contributed by atoms with Crippen molar-refractivity contribution in [3.05, 3.63) is 13.8 Å². The van der Waals surface area contributed by atoms with E-state index in [2.05, 4.69) is 13.8 Å². The van der Waals surface area contributed by atoms with Crippen molar-refractivity contribution in [2.24, 2.45) is 0 Å². The molecule has 0 nitrogen and oxygen atoms in total. The van der Waals surface area contributed by atoms with Gasteiger partial charge in [-0.3, -0.25) is 0 Å². The van der Waals surface area contributed by atoms with E-state index in [4.69, 9.17) is 0 Å². The van der Waals surface area contributed by atoms with Crippen LogP contribution in [0.15, 0.2) is 0 Å². The molecule has 0 N–H and O–H groups in total. The fourth-order valence-corrected chi connectivity index (χ4v) is 0. The molecule has 0 aliphatic heterocycles. The minimum Gasteiger partial charge on any atom is -0.346 e. The Morgan fingerprint density at radius 1 is 0.833 bits per heavy atom. The van der Waals surface area contributed by atoms with Crippen molar-refractivity contribution in [2.45, 2.75) is 13.8 Å². The monoisotopic (exact) mass is 202 g/mol. The third-order valence-electron chi connectivity index (χ3n) is 0. The van der Waals surface area contributed by atoms with Crippen LogP contribution in [-0.4, -0.2) is 0 Å². The molecule has 2 heteroatoms. The summed E-state index contributed by atoms with van der Waals surface area (Å²) in [7, 11) is 0. The van der Waals surface area contributed by atoms with Crippen LogP contribution in [0, 0.1) is 13.8 Å². The van der Waals surface area contributed by atoms with Gasteiger partial charge in [0, 0.05) is 0 Å². The third kappa shape index (κ3) is 70.6. The zero-order valence-electron chi connectivity index (χ0n) is 4.53. The van der Waals surface area contributed by atoms with Gasteiger partial charge >= 0.3 is 19.5 Å². The summed E-state index contributed by atoms with van der Waals surface area (Å²) in [5.74, 6) is 0. The Balaban J connectivity index is -0.00000000500. The van der Waals surface area contributed by atoms with Crippen molar-refractivity contribution in [3.8, 4) is 0 Å². The molecule has 36 valence electrons. The van der Waals surface area contributed by atoms with E-state index in [0.717, 1.165) is 0 Å².